The first kappa shape index (κ1) is 14.3. The number of piperazine rings is 1. The van der Waals surface area contributed by atoms with Crippen LogP contribution in [-0.4, -0.2) is 56.5 Å². The Hall–Kier alpha value is -0.130. The smallest absolute Gasteiger partial charge is 0.150 e. The van der Waals surface area contributed by atoms with E-state index in [1.165, 1.54) is 0 Å². The number of hydrogen-bond acceptors (Lipinski definition) is 4. The molecule has 0 aliphatic carbocycles. The molecule has 2 fully saturated rings. The van der Waals surface area contributed by atoms with Crippen molar-refractivity contribution in [1.29, 1.82) is 0 Å². The summed E-state index contributed by atoms with van der Waals surface area (Å²) in [6, 6.07) is 0. The second kappa shape index (κ2) is 5.47. The van der Waals surface area contributed by atoms with E-state index in [1.807, 2.05) is 0 Å². The molecule has 1 unspecified atom stereocenters. The first-order valence-corrected chi connectivity index (χ1v) is 8.98. The second-order valence-corrected chi connectivity index (χ2v) is 8.15. The lowest BCUT2D eigenvalue weighted by molar-refractivity contribution is 0.112. The highest BCUT2D eigenvalue weighted by Crippen LogP contribution is 2.24. The van der Waals surface area contributed by atoms with Gasteiger partial charge < -0.3 is 5.32 Å². The van der Waals surface area contributed by atoms with Crippen LogP contribution in [0.1, 0.15) is 33.1 Å². The molecule has 0 bridgehead atoms. The van der Waals surface area contributed by atoms with E-state index < -0.39 is 9.84 Å². The molecular formula is C13H26N2O2S. The van der Waals surface area contributed by atoms with E-state index in [1.54, 1.807) is 0 Å². The Balaban J connectivity index is 1.90. The molecule has 0 amide bonds. The van der Waals surface area contributed by atoms with E-state index in [9.17, 15) is 8.42 Å². The van der Waals surface area contributed by atoms with Crippen LogP contribution >= 0.6 is 0 Å². The average molecular weight is 274 g/mol. The molecule has 0 aromatic heterocycles. The number of sulfone groups is 1. The lowest BCUT2D eigenvalue weighted by Crippen LogP contribution is -2.60. The van der Waals surface area contributed by atoms with Gasteiger partial charge in [-0.1, -0.05) is 13.8 Å². The molecule has 2 aliphatic heterocycles. The third-order valence-corrected chi connectivity index (χ3v) is 6.49. The van der Waals surface area contributed by atoms with Gasteiger partial charge in [-0.05, 0) is 25.2 Å². The van der Waals surface area contributed by atoms with E-state index in [0.717, 1.165) is 45.4 Å². The highest BCUT2D eigenvalue weighted by atomic mass is 32.2. The summed E-state index contributed by atoms with van der Waals surface area (Å²) in [5, 5.41) is 3.64. The monoisotopic (exact) mass is 274 g/mol. The fraction of sp³-hybridized carbons (Fsp3) is 1.00. The van der Waals surface area contributed by atoms with Crippen LogP contribution in [0.25, 0.3) is 0 Å². The Morgan fingerprint density at radius 3 is 2.61 bits per heavy atom. The summed E-state index contributed by atoms with van der Waals surface area (Å²) in [6.07, 6.45) is 3.14. The van der Waals surface area contributed by atoms with Gasteiger partial charge in [-0.15, -0.1) is 0 Å². The fourth-order valence-corrected chi connectivity index (χ4v) is 5.15. The lowest BCUT2D eigenvalue weighted by Gasteiger charge is -2.43. The van der Waals surface area contributed by atoms with Crippen LogP contribution in [-0.2, 0) is 9.84 Å². The SMILES string of the molecule is CCC1(CC)CN(CC2CCS(=O)(=O)C2)CCN1. The number of nitrogens with zero attached hydrogens (tertiary/aromatic N) is 1. The third kappa shape index (κ3) is 3.25. The highest BCUT2D eigenvalue weighted by molar-refractivity contribution is 7.91. The van der Waals surface area contributed by atoms with Gasteiger partial charge in [0, 0.05) is 31.7 Å². The highest BCUT2D eigenvalue weighted by Gasteiger charge is 2.35. The summed E-state index contributed by atoms with van der Waals surface area (Å²) in [5.41, 5.74) is 0.246. The zero-order chi connectivity index (χ0) is 13.2. The van der Waals surface area contributed by atoms with Crippen molar-refractivity contribution in [1.82, 2.24) is 10.2 Å². The summed E-state index contributed by atoms with van der Waals surface area (Å²) < 4.78 is 23.0. The molecule has 2 aliphatic rings. The normalized spacial score (nSPS) is 31.6. The summed E-state index contributed by atoms with van der Waals surface area (Å²) in [5.74, 6) is 1.16. The van der Waals surface area contributed by atoms with Crippen LogP contribution in [0.2, 0.25) is 0 Å². The van der Waals surface area contributed by atoms with Crippen LogP contribution in [0.4, 0.5) is 0 Å². The molecule has 2 heterocycles. The van der Waals surface area contributed by atoms with E-state index in [4.69, 9.17) is 0 Å². The van der Waals surface area contributed by atoms with Crippen LogP contribution in [0.15, 0.2) is 0 Å². The Bertz CT molecular complexity index is 376. The van der Waals surface area contributed by atoms with Crippen LogP contribution in [0.5, 0.6) is 0 Å². The molecule has 18 heavy (non-hydrogen) atoms. The summed E-state index contributed by atoms with van der Waals surface area (Å²) in [7, 11) is -2.73. The topological polar surface area (TPSA) is 49.4 Å². The third-order valence-electron chi connectivity index (χ3n) is 4.65. The van der Waals surface area contributed by atoms with Crippen molar-refractivity contribution >= 4 is 9.84 Å². The molecule has 0 radical (unpaired) electrons. The van der Waals surface area contributed by atoms with Gasteiger partial charge in [0.1, 0.15) is 0 Å². The van der Waals surface area contributed by atoms with Crippen molar-refractivity contribution in [3.63, 3.8) is 0 Å². The molecule has 4 nitrogen and oxygen atoms in total. The van der Waals surface area contributed by atoms with Crippen LogP contribution in [0.3, 0.4) is 0 Å². The molecule has 5 heteroatoms. The maximum absolute atomic E-state index is 11.5. The summed E-state index contributed by atoms with van der Waals surface area (Å²) in [6.45, 7) is 8.58. The molecule has 2 saturated heterocycles. The van der Waals surface area contributed by atoms with Gasteiger partial charge in [0.25, 0.3) is 0 Å². The lowest BCUT2D eigenvalue weighted by atomic mass is 9.90. The van der Waals surface area contributed by atoms with E-state index >= 15 is 0 Å². The molecule has 0 aromatic rings. The van der Waals surface area contributed by atoms with Crippen molar-refractivity contribution < 1.29 is 8.42 Å². The van der Waals surface area contributed by atoms with Crippen molar-refractivity contribution in [2.24, 2.45) is 5.92 Å². The van der Waals surface area contributed by atoms with Crippen molar-refractivity contribution in [2.45, 2.75) is 38.6 Å². The first-order chi connectivity index (χ1) is 8.49. The Labute approximate surface area is 111 Å². The van der Waals surface area contributed by atoms with Crippen LogP contribution in [0, 0.1) is 5.92 Å². The molecular weight excluding hydrogens is 248 g/mol. The molecule has 0 spiro atoms. The maximum atomic E-state index is 11.5. The Kier molecular flexibility index (Phi) is 4.34. The largest absolute Gasteiger partial charge is 0.309 e. The summed E-state index contributed by atoms with van der Waals surface area (Å²) >= 11 is 0. The Morgan fingerprint density at radius 1 is 1.33 bits per heavy atom. The standard InChI is InChI=1S/C13H26N2O2S/c1-3-13(4-2)11-15(7-6-14-13)9-12-5-8-18(16,17)10-12/h12,14H,3-11H2,1-2H3. The predicted molar refractivity (Wildman–Crippen MR) is 74.5 cm³/mol. The zero-order valence-corrected chi connectivity index (χ0v) is 12.4. The molecule has 106 valence electrons. The van der Waals surface area contributed by atoms with Gasteiger partial charge in [-0.2, -0.15) is 0 Å². The molecule has 0 saturated carbocycles. The minimum absolute atomic E-state index is 0.246. The van der Waals surface area contributed by atoms with Gasteiger partial charge in [-0.25, -0.2) is 8.42 Å². The van der Waals surface area contributed by atoms with E-state index in [0.29, 0.717) is 17.4 Å². The maximum Gasteiger partial charge on any atom is 0.150 e. The minimum atomic E-state index is -2.73. The van der Waals surface area contributed by atoms with Crippen molar-refractivity contribution in [3.05, 3.63) is 0 Å². The molecule has 0 aromatic carbocycles. The number of rotatable bonds is 4. The van der Waals surface area contributed by atoms with Gasteiger partial charge >= 0.3 is 0 Å². The predicted octanol–water partition coefficient (Wildman–Crippen LogP) is 0.885. The zero-order valence-electron chi connectivity index (χ0n) is 11.6. The minimum Gasteiger partial charge on any atom is -0.309 e. The van der Waals surface area contributed by atoms with Gasteiger partial charge in [0.2, 0.25) is 0 Å². The van der Waals surface area contributed by atoms with Crippen LogP contribution < -0.4 is 5.32 Å². The fourth-order valence-electron chi connectivity index (χ4n) is 3.30. The molecule has 1 atom stereocenters. The van der Waals surface area contributed by atoms with Gasteiger partial charge in [0.05, 0.1) is 11.5 Å². The quantitative estimate of drug-likeness (QED) is 0.827. The summed E-state index contributed by atoms with van der Waals surface area (Å²) in [4.78, 5) is 2.47. The van der Waals surface area contributed by atoms with Crippen molar-refractivity contribution in [2.75, 3.05) is 37.7 Å². The van der Waals surface area contributed by atoms with Crippen molar-refractivity contribution in [3.8, 4) is 0 Å². The number of nitrogens with one attached hydrogen (secondary N) is 1. The van der Waals surface area contributed by atoms with Gasteiger partial charge in [-0.3, -0.25) is 4.90 Å². The second-order valence-electron chi connectivity index (χ2n) is 5.92. The first-order valence-electron chi connectivity index (χ1n) is 7.16. The molecule has 2 rings (SSSR count). The van der Waals surface area contributed by atoms with E-state index in [2.05, 4.69) is 24.1 Å². The van der Waals surface area contributed by atoms with Gasteiger partial charge in [0.15, 0.2) is 9.84 Å². The van der Waals surface area contributed by atoms with E-state index in [-0.39, 0.29) is 5.54 Å². The average Bonchev–Trinajstić information content (AvgIpc) is 2.69. The Morgan fingerprint density at radius 2 is 2.06 bits per heavy atom. The number of hydrogen-bond donors (Lipinski definition) is 1. The molecule has 1 N–H and O–H groups in total.